The minimum Gasteiger partial charge on any atom is -0.399 e. The van der Waals surface area contributed by atoms with Crippen molar-refractivity contribution in [1.82, 2.24) is 9.97 Å². The molecule has 2 rings (SSSR count). The number of hydrogen-bond donors (Lipinski definition) is 2. The molecule has 1 heterocycles. The third-order valence-corrected chi connectivity index (χ3v) is 3.38. The molecular formula is C13H14N4OS. The number of hydrogen-bond acceptors (Lipinski definition) is 5. The van der Waals surface area contributed by atoms with Gasteiger partial charge in [-0.25, -0.2) is 4.98 Å². The molecule has 0 saturated carbocycles. The normalized spacial score (nSPS) is 11.8. The summed E-state index contributed by atoms with van der Waals surface area (Å²) in [5, 5.41) is 3.27. The van der Waals surface area contributed by atoms with E-state index >= 15 is 0 Å². The third-order valence-electron chi connectivity index (χ3n) is 2.36. The maximum atomic E-state index is 12.0. The lowest BCUT2D eigenvalue weighted by Crippen LogP contribution is -2.22. The number of amides is 1. The summed E-state index contributed by atoms with van der Waals surface area (Å²) < 4.78 is 0. The van der Waals surface area contributed by atoms with Gasteiger partial charge in [-0.05, 0) is 25.1 Å². The van der Waals surface area contributed by atoms with Crippen molar-refractivity contribution < 1.29 is 4.79 Å². The van der Waals surface area contributed by atoms with Crippen LogP contribution in [0.5, 0.6) is 0 Å². The van der Waals surface area contributed by atoms with Crippen LogP contribution in [-0.2, 0) is 4.79 Å². The van der Waals surface area contributed by atoms with Crippen LogP contribution < -0.4 is 11.1 Å². The Hall–Kier alpha value is -2.08. The van der Waals surface area contributed by atoms with Crippen LogP contribution in [0.25, 0.3) is 0 Å². The maximum Gasteiger partial charge on any atom is 0.237 e. The zero-order chi connectivity index (χ0) is 13.7. The second-order valence-corrected chi connectivity index (χ2v) is 5.28. The second-order valence-electron chi connectivity index (χ2n) is 3.92. The highest BCUT2D eigenvalue weighted by Gasteiger charge is 2.15. The molecule has 1 aromatic heterocycles. The molecule has 0 aliphatic carbocycles. The first-order chi connectivity index (χ1) is 9.15. The van der Waals surface area contributed by atoms with E-state index in [4.69, 9.17) is 5.73 Å². The molecule has 0 fully saturated rings. The van der Waals surface area contributed by atoms with Gasteiger partial charge in [0.25, 0.3) is 0 Å². The van der Waals surface area contributed by atoms with Crippen molar-refractivity contribution >= 4 is 29.0 Å². The second kappa shape index (κ2) is 6.19. The first-order valence-electron chi connectivity index (χ1n) is 5.74. The molecule has 1 atom stereocenters. The Kier molecular flexibility index (Phi) is 4.35. The average molecular weight is 274 g/mol. The van der Waals surface area contributed by atoms with E-state index in [1.807, 2.05) is 6.92 Å². The highest BCUT2D eigenvalue weighted by Crippen LogP contribution is 2.21. The number of carbonyl (C=O) groups excluding carboxylic acids is 1. The highest BCUT2D eigenvalue weighted by atomic mass is 32.2. The fourth-order valence-electron chi connectivity index (χ4n) is 1.44. The van der Waals surface area contributed by atoms with E-state index in [9.17, 15) is 4.79 Å². The van der Waals surface area contributed by atoms with Crippen LogP contribution >= 0.6 is 11.8 Å². The van der Waals surface area contributed by atoms with Gasteiger partial charge in [0.15, 0.2) is 0 Å². The molecule has 0 bridgehead atoms. The van der Waals surface area contributed by atoms with Crippen molar-refractivity contribution in [1.29, 1.82) is 0 Å². The Morgan fingerprint density at radius 2 is 2.26 bits per heavy atom. The highest BCUT2D eigenvalue weighted by molar-refractivity contribution is 8.00. The van der Waals surface area contributed by atoms with E-state index < -0.39 is 0 Å². The molecule has 98 valence electrons. The number of aromatic nitrogens is 2. The van der Waals surface area contributed by atoms with Crippen LogP contribution in [0.2, 0.25) is 0 Å². The van der Waals surface area contributed by atoms with Crippen molar-refractivity contribution in [3.8, 4) is 0 Å². The van der Waals surface area contributed by atoms with E-state index in [1.165, 1.54) is 11.8 Å². The number of thioether (sulfide) groups is 1. The Bertz CT molecular complexity index is 562. The van der Waals surface area contributed by atoms with Gasteiger partial charge in [0, 0.05) is 23.8 Å². The van der Waals surface area contributed by atoms with Crippen molar-refractivity contribution in [2.45, 2.75) is 17.2 Å². The Morgan fingerprint density at radius 1 is 1.42 bits per heavy atom. The molecule has 0 aliphatic rings. The topological polar surface area (TPSA) is 80.9 Å². The number of nitrogens with one attached hydrogen (secondary N) is 1. The molecule has 1 aromatic carbocycles. The number of nitrogens with two attached hydrogens (primary N) is 1. The summed E-state index contributed by atoms with van der Waals surface area (Å²) >= 11 is 1.36. The number of benzene rings is 1. The molecule has 6 heteroatoms. The Balaban J connectivity index is 1.96. The van der Waals surface area contributed by atoms with Crippen molar-refractivity contribution in [3.05, 3.63) is 42.9 Å². The maximum absolute atomic E-state index is 12.0. The lowest BCUT2D eigenvalue weighted by molar-refractivity contribution is -0.115. The van der Waals surface area contributed by atoms with Gasteiger partial charge in [0.05, 0.1) is 11.4 Å². The molecule has 3 N–H and O–H groups in total. The van der Waals surface area contributed by atoms with Gasteiger partial charge in [-0.1, -0.05) is 17.8 Å². The number of rotatable bonds is 4. The molecule has 0 saturated heterocycles. The van der Waals surface area contributed by atoms with Crippen LogP contribution in [0.15, 0.2) is 47.9 Å². The first-order valence-corrected chi connectivity index (χ1v) is 6.62. The summed E-state index contributed by atoms with van der Waals surface area (Å²) in [5.74, 6) is -0.0961. The van der Waals surface area contributed by atoms with Crippen LogP contribution in [0.4, 0.5) is 11.4 Å². The molecule has 19 heavy (non-hydrogen) atoms. The van der Waals surface area contributed by atoms with Gasteiger partial charge in [0.2, 0.25) is 5.91 Å². The van der Waals surface area contributed by atoms with E-state index in [1.54, 1.807) is 42.9 Å². The fourth-order valence-corrected chi connectivity index (χ4v) is 2.21. The number of anilines is 2. The molecular weight excluding hydrogens is 260 g/mol. The largest absolute Gasteiger partial charge is 0.399 e. The van der Waals surface area contributed by atoms with Gasteiger partial charge in [-0.15, -0.1) is 0 Å². The van der Waals surface area contributed by atoms with E-state index in [0.29, 0.717) is 11.4 Å². The fraction of sp³-hybridized carbons (Fsp3) is 0.154. The van der Waals surface area contributed by atoms with Gasteiger partial charge in [0.1, 0.15) is 5.03 Å². The SMILES string of the molecule is CC(Sc1cnccn1)C(=O)Nc1cccc(N)c1. The standard InChI is InChI=1S/C13H14N4OS/c1-9(19-12-8-15-5-6-16-12)13(18)17-11-4-2-3-10(14)7-11/h2-9H,14H2,1H3,(H,17,18). The molecule has 1 unspecified atom stereocenters. The zero-order valence-electron chi connectivity index (χ0n) is 10.4. The van der Waals surface area contributed by atoms with E-state index in [2.05, 4.69) is 15.3 Å². The van der Waals surface area contributed by atoms with Gasteiger partial charge in [-0.3, -0.25) is 9.78 Å². The summed E-state index contributed by atoms with van der Waals surface area (Å²) in [5.41, 5.74) is 6.97. The lowest BCUT2D eigenvalue weighted by Gasteiger charge is -2.11. The molecule has 0 spiro atoms. The van der Waals surface area contributed by atoms with Gasteiger partial charge < -0.3 is 11.1 Å². The summed E-state index contributed by atoms with van der Waals surface area (Å²) in [6.45, 7) is 1.82. The van der Waals surface area contributed by atoms with Crippen LogP contribution in [-0.4, -0.2) is 21.1 Å². The summed E-state index contributed by atoms with van der Waals surface area (Å²) in [4.78, 5) is 20.1. The monoisotopic (exact) mass is 274 g/mol. The average Bonchev–Trinajstić information content (AvgIpc) is 2.40. The van der Waals surface area contributed by atoms with Crippen LogP contribution in [0, 0.1) is 0 Å². The molecule has 0 radical (unpaired) electrons. The minimum atomic E-state index is -0.266. The minimum absolute atomic E-state index is 0.0961. The zero-order valence-corrected chi connectivity index (χ0v) is 11.2. The molecule has 0 aliphatic heterocycles. The molecule has 1 amide bonds. The Morgan fingerprint density at radius 3 is 2.95 bits per heavy atom. The smallest absolute Gasteiger partial charge is 0.237 e. The summed E-state index contributed by atoms with van der Waals surface area (Å²) in [7, 11) is 0. The molecule has 5 nitrogen and oxygen atoms in total. The van der Waals surface area contributed by atoms with Crippen molar-refractivity contribution in [2.24, 2.45) is 0 Å². The third kappa shape index (κ3) is 3.96. The van der Waals surface area contributed by atoms with Gasteiger partial charge in [-0.2, -0.15) is 0 Å². The quantitative estimate of drug-likeness (QED) is 0.659. The van der Waals surface area contributed by atoms with E-state index in [-0.39, 0.29) is 11.2 Å². The van der Waals surface area contributed by atoms with E-state index in [0.717, 1.165) is 5.03 Å². The lowest BCUT2D eigenvalue weighted by atomic mass is 10.3. The number of nitrogen functional groups attached to an aromatic ring is 1. The van der Waals surface area contributed by atoms with Gasteiger partial charge >= 0.3 is 0 Å². The summed E-state index contributed by atoms with van der Waals surface area (Å²) in [6.07, 6.45) is 4.83. The first kappa shape index (κ1) is 13.4. The number of carbonyl (C=O) groups is 1. The predicted molar refractivity (Wildman–Crippen MR) is 76.8 cm³/mol. The van der Waals surface area contributed by atoms with Crippen molar-refractivity contribution in [2.75, 3.05) is 11.1 Å². The Labute approximate surface area is 115 Å². The molecule has 2 aromatic rings. The van der Waals surface area contributed by atoms with Crippen LogP contribution in [0.3, 0.4) is 0 Å². The number of nitrogens with zero attached hydrogens (tertiary/aromatic N) is 2. The predicted octanol–water partition coefficient (Wildman–Crippen LogP) is 2.18. The van der Waals surface area contributed by atoms with Crippen LogP contribution in [0.1, 0.15) is 6.92 Å². The summed E-state index contributed by atoms with van der Waals surface area (Å²) in [6, 6.07) is 7.09. The van der Waals surface area contributed by atoms with Crippen molar-refractivity contribution in [3.63, 3.8) is 0 Å².